The summed E-state index contributed by atoms with van der Waals surface area (Å²) in [5.74, 6) is 0.800. The Labute approximate surface area is 125 Å². The van der Waals surface area contributed by atoms with Gasteiger partial charge in [0, 0.05) is 17.5 Å². The number of methoxy groups -OCH3 is 1. The van der Waals surface area contributed by atoms with E-state index in [-0.39, 0.29) is 0 Å². The van der Waals surface area contributed by atoms with Crippen molar-refractivity contribution in [1.82, 2.24) is 4.98 Å². The maximum Gasteiger partial charge on any atom is 0.133 e. The molecule has 0 aliphatic rings. The number of rotatable bonds is 5. The van der Waals surface area contributed by atoms with Crippen molar-refractivity contribution in [2.24, 2.45) is 0 Å². The van der Waals surface area contributed by atoms with E-state index in [1.807, 2.05) is 30.5 Å². The van der Waals surface area contributed by atoms with E-state index in [2.05, 4.69) is 20.9 Å². The summed E-state index contributed by atoms with van der Waals surface area (Å²) >= 11 is 5.05. The number of hydrogen-bond donors (Lipinski definition) is 1. The highest BCUT2D eigenvalue weighted by Crippen LogP contribution is 2.26. The van der Waals surface area contributed by atoms with Crippen LogP contribution in [0.3, 0.4) is 0 Å². The first kappa shape index (κ1) is 14.5. The Bertz CT molecular complexity index is 556. The van der Waals surface area contributed by atoms with Crippen molar-refractivity contribution < 1.29 is 9.84 Å². The molecule has 1 heterocycles. The standard InChI is InChI=1S/C14H16BrNO2S/c1-9-8-19-14(16-9)7-11(17)5-10-3-4-13(18-2)12(15)6-10/h3-4,6,8,11,17H,5,7H2,1-2H3. The number of aromatic nitrogens is 1. The van der Waals surface area contributed by atoms with Gasteiger partial charge in [0.1, 0.15) is 5.75 Å². The highest BCUT2D eigenvalue weighted by molar-refractivity contribution is 9.10. The molecule has 1 aromatic carbocycles. The lowest BCUT2D eigenvalue weighted by Gasteiger charge is -2.10. The molecule has 0 fully saturated rings. The SMILES string of the molecule is COc1ccc(CC(O)Cc2nc(C)cs2)cc1Br. The Hall–Kier alpha value is -0.910. The Morgan fingerprint density at radius 1 is 1.42 bits per heavy atom. The summed E-state index contributed by atoms with van der Waals surface area (Å²) in [6, 6.07) is 5.86. The molecule has 102 valence electrons. The minimum absolute atomic E-state index is 0.411. The van der Waals surface area contributed by atoms with Crippen molar-refractivity contribution in [3.63, 3.8) is 0 Å². The minimum atomic E-state index is -0.411. The average molecular weight is 342 g/mol. The van der Waals surface area contributed by atoms with Gasteiger partial charge in [0.15, 0.2) is 0 Å². The van der Waals surface area contributed by atoms with E-state index >= 15 is 0 Å². The second-order valence-electron chi connectivity index (χ2n) is 4.41. The van der Waals surface area contributed by atoms with E-state index < -0.39 is 6.10 Å². The van der Waals surface area contributed by atoms with E-state index in [1.165, 1.54) is 0 Å². The Balaban J connectivity index is 1.98. The van der Waals surface area contributed by atoms with Crippen molar-refractivity contribution in [2.75, 3.05) is 7.11 Å². The fourth-order valence-electron chi connectivity index (χ4n) is 1.88. The lowest BCUT2D eigenvalue weighted by atomic mass is 10.1. The van der Waals surface area contributed by atoms with Gasteiger partial charge >= 0.3 is 0 Å². The van der Waals surface area contributed by atoms with Crippen LogP contribution in [-0.2, 0) is 12.8 Å². The largest absolute Gasteiger partial charge is 0.496 e. The van der Waals surface area contributed by atoms with E-state index in [4.69, 9.17) is 4.74 Å². The predicted octanol–water partition coefficient (Wildman–Crippen LogP) is 3.37. The quantitative estimate of drug-likeness (QED) is 0.906. The molecule has 0 saturated carbocycles. The second kappa shape index (κ2) is 6.50. The molecule has 0 amide bonds. The molecule has 0 bridgehead atoms. The van der Waals surface area contributed by atoms with Crippen LogP contribution < -0.4 is 4.74 Å². The zero-order chi connectivity index (χ0) is 13.8. The van der Waals surface area contributed by atoms with E-state index in [0.717, 1.165) is 26.5 Å². The topological polar surface area (TPSA) is 42.4 Å². The summed E-state index contributed by atoms with van der Waals surface area (Å²) < 4.78 is 6.09. The highest BCUT2D eigenvalue weighted by atomic mass is 79.9. The van der Waals surface area contributed by atoms with Crippen molar-refractivity contribution in [2.45, 2.75) is 25.9 Å². The molecular weight excluding hydrogens is 326 g/mol. The lowest BCUT2D eigenvalue weighted by Crippen LogP contribution is -2.13. The molecule has 19 heavy (non-hydrogen) atoms. The molecule has 2 rings (SSSR count). The number of aryl methyl sites for hydroxylation is 1. The van der Waals surface area contributed by atoms with Gasteiger partial charge in [-0.15, -0.1) is 11.3 Å². The van der Waals surface area contributed by atoms with Gasteiger partial charge in [-0.3, -0.25) is 0 Å². The molecule has 3 nitrogen and oxygen atoms in total. The molecule has 0 aliphatic carbocycles. The molecule has 0 spiro atoms. The van der Waals surface area contributed by atoms with E-state index in [0.29, 0.717) is 12.8 Å². The Kier molecular flexibility index (Phi) is 4.96. The number of aliphatic hydroxyl groups is 1. The Morgan fingerprint density at radius 3 is 2.79 bits per heavy atom. The molecule has 1 atom stereocenters. The summed E-state index contributed by atoms with van der Waals surface area (Å²) in [7, 11) is 1.64. The Morgan fingerprint density at radius 2 is 2.21 bits per heavy atom. The van der Waals surface area contributed by atoms with Gasteiger partial charge in [0.05, 0.1) is 22.7 Å². The van der Waals surface area contributed by atoms with Gasteiger partial charge in [-0.2, -0.15) is 0 Å². The summed E-state index contributed by atoms with van der Waals surface area (Å²) in [5, 5.41) is 13.1. The molecule has 2 aromatic rings. The molecule has 0 saturated heterocycles. The first-order valence-corrected chi connectivity index (χ1v) is 7.67. The molecular formula is C14H16BrNO2S. The normalized spacial score (nSPS) is 12.4. The number of aliphatic hydroxyl groups excluding tert-OH is 1. The molecule has 5 heteroatoms. The number of thiazole rings is 1. The number of hydrogen-bond acceptors (Lipinski definition) is 4. The smallest absolute Gasteiger partial charge is 0.133 e. The number of benzene rings is 1. The molecule has 1 aromatic heterocycles. The van der Waals surface area contributed by atoms with Crippen LogP contribution in [0.25, 0.3) is 0 Å². The maximum atomic E-state index is 10.1. The lowest BCUT2D eigenvalue weighted by molar-refractivity contribution is 0.175. The van der Waals surface area contributed by atoms with Crippen molar-refractivity contribution in [1.29, 1.82) is 0 Å². The summed E-state index contributed by atoms with van der Waals surface area (Å²) in [5.41, 5.74) is 2.09. The average Bonchev–Trinajstić information content (AvgIpc) is 2.74. The van der Waals surface area contributed by atoms with Crippen LogP contribution in [0.1, 0.15) is 16.3 Å². The van der Waals surface area contributed by atoms with Crippen LogP contribution in [0.2, 0.25) is 0 Å². The van der Waals surface area contributed by atoms with Crippen molar-refractivity contribution in [3.05, 3.63) is 44.3 Å². The zero-order valence-electron chi connectivity index (χ0n) is 10.9. The summed E-state index contributed by atoms with van der Waals surface area (Å²) in [6.45, 7) is 1.97. The zero-order valence-corrected chi connectivity index (χ0v) is 13.3. The van der Waals surface area contributed by atoms with Gasteiger partial charge in [-0.05, 0) is 47.0 Å². The maximum absolute atomic E-state index is 10.1. The molecule has 0 aliphatic heterocycles. The first-order chi connectivity index (χ1) is 9.08. The third-order valence-corrected chi connectivity index (χ3v) is 4.37. The van der Waals surface area contributed by atoms with Crippen molar-refractivity contribution >= 4 is 27.3 Å². The molecule has 1 unspecified atom stereocenters. The minimum Gasteiger partial charge on any atom is -0.496 e. The fraction of sp³-hybridized carbons (Fsp3) is 0.357. The monoisotopic (exact) mass is 341 g/mol. The van der Waals surface area contributed by atoms with Gasteiger partial charge < -0.3 is 9.84 Å². The third kappa shape index (κ3) is 4.03. The number of halogens is 1. The van der Waals surface area contributed by atoms with Gasteiger partial charge in [-0.25, -0.2) is 4.98 Å². The second-order valence-corrected chi connectivity index (χ2v) is 6.21. The summed E-state index contributed by atoms with van der Waals surface area (Å²) in [6.07, 6.45) is 0.800. The van der Waals surface area contributed by atoms with E-state index in [1.54, 1.807) is 18.4 Å². The van der Waals surface area contributed by atoms with Crippen LogP contribution in [0.5, 0.6) is 5.75 Å². The van der Waals surface area contributed by atoms with Gasteiger partial charge in [-0.1, -0.05) is 6.07 Å². The van der Waals surface area contributed by atoms with Crippen LogP contribution >= 0.6 is 27.3 Å². The van der Waals surface area contributed by atoms with Crippen LogP contribution in [-0.4, -0.2) is 23.3 Å². The highest BCUT2D eigenvalue weighted by Gasteiger charge is 2.11. The van der Waals surface area contributed by atoms with Crippen LogP contribution in [0.4, 0.5) is 0 Å². The predicted molar refractivity (Wildman–Crippen MR) is 81.0 cm³/mol. The van der Waals surface area contributed by atoms with Gasteiger partial charge in [0.25, 0.3) is 0 Å². The molecule has 0 radical (unpaired) electrons. The van der Waals surface area contributed by atoms with Crippen LogP contribution in [0.15, 0.2) is 28.1 Å². The molecule has 1 N–H and O–H groups in total. The fourth-order valence-corrected chi connectivity index (χ4v) is 3.31. The number of nitrogens with zero attached hydrogens (tertiary/aromatic N) is 1. The number of ether oxygens (including phenoxy) is 1. The summed E-state index contributed by atoms with van der Waals surface area (Å²) in [4.78, 5) is 4.37. The third-order valence-electron chi connectivity index (χ3n) is 2.76. The van der Waals surface area contributed by atoms with Crippen LogP contribution in [0, 0.1) is 6.92 Å². The van der Waals surface area contributed by atoms with E-state index in [9.17, 15) is 5.11 Å². The van der Waals surface area contributed by atoms with Crippen molar-refractivity contribution in [3.8, 4) is 5.75 Å². The first-order valence-electron chi connectivity index (χ1n) is 6.00. The van der Waals surface area contributed by atoms with Gasteiger partial charge in [0.2, 0.25) is 0 Å².